The van der Waals surface area contributed by atoms with Gasteiger partial charge in [0.15, 0.2) is 0 Å². The van der Waals surface area contributed by atoms with E-state index in [1.807, 2.05) is 0 Å². The quantitative estimate of drug-likeness (QED) is 0.581. The third-order valence-electron chi connectivity index (χ3n) is 2.78. The first-order valence-corrected chi connectivity index (χ1v) is 5.15. The van der Waals surface area contributed by atoms with E-state index in [4.69, 9.17) is 12.2 Å². The van der Waals surface area contributed by atoms with Gasteiger partial charge in [-0.05, 0) is 36.5 Å². The van der Waals surface area contributed by atoms with Crippen LogP contribution in [0.3, 0.4) is 0 Å². The molecule has 0 aromatic heterocycles. The van der Waals surface area contributed by atoms with Gasteiger partial charge in [-0.3, -0.25) is 0 Å². The molecule has 0 N–H and O–H groups in total. The number of rotatable bonds is 4. The van der Waals surface area contributed by atoms with Crippen LogP contribution in [-0.2, 0) is 0 Å². The highest BCUT2D eigenvalue weighted by Crippen LogP contribution is 2.37. The Morgan fingerprint density at radius 1 is 1.45 bits per heavy atom. The molecule has 1 heteroatoms. The number of hydrogen-bond donors (Lipinski definition) is 0. The molecule has 1 saturated carbocycles. The Hall–Kier alpha value is 0.0900. The Balaban J connectivity index is 2.05. The highest BCUT2D eigenvalue weighted by molar-refractivity contribution is 7.80. The third kappa shape index (κ3) is 2.55. The minimum Gasteiger partial charge on any atom is -0.0897 e. The number of hydrogen-bond acceptors (Lipinski definition) is 1. The summed E-state index contributed by atoms with van der Waals surface area (Å²) in [6, 6.07) is 0. The first-order valence-electron chi connectivity index (χ1n) is 4.74. The molecular formula is C10H18S. The smallest absolute Gasteiger partial charge is 0.00714 e. The Morgan fingerprint density at radius 2 is 2.09 bits per heavy atom. The lowest BCUT2D eigenvalue weighted by Gasteiger charge is -2.35. The molecule has 0 amide bonds. The Kier molecular flexibility index (Phi) is 3.50. The van der Waals surface area contributed by atoms with Gasteiger partial charge in [-0.15, -0.1) is 0 Å². The van der Waals surface area contributed by atoms with Crippen LogP contribution in [0.4, 0.5) is 0 Å². The van der Waals surface area contributed by atoms with Gasteiger partial charge in [-0.1, -0.05) is 38.4 Å². The van der Waals surface area contributed by atoms with E-state index in [-0.39, 0.29) is 0 Å². The monoisotopic (exact) mass is 170 g/mol. The average Bonchev–Trinajstić information content (AvgIpc) is 1.84. The fourth-order valence-corrected chi connectivity index (χ4v) is 1.99. The van der Waals surface area contributed by atoms with Crippen molar-refractivity contribution in [3.05, 3.63) is 0 Å². The van der Waals surface area contributed by atoms with Crippen LogP contribution in [-0.4, -0.2) is 4.86 Å². The molecule has 0 aromatic rings. The van der Waals surface area contributed by atoms with Gasteiger partial charge in [0.25, 0.3) is 0 Å². The van der Waals surface area contributed by atoms with Crippen LogP contribution in [0.1, 0.15) is 46.0 Å². The second-order valence-corrected chi connectivity index (χ2v) is 4.43. The summed E-state index contributed by atoms with van der Waals surface area (Å²) in [7, 11) is 0. The van der Waals surface area contributed by atoms with Crippen LogP contribution in [0.5, 0.6) is 0 Å². The van der Waals surface area contributed by atoms with Crippen LogP contribution >= 0.6 is 12.2 Å². The predicted molar refractivity (Wildman–Crippen MR) is 54.0 cm³/mol. The Bertz CT molecular complexity index is 134. The maximum Gasteiger partial charge on any atom is -0.00714 e. The molecule has 0 radical (unpaired) electrons. The zero-order valence-corrected chi connectivity index (χ0v) is 8.41. The lowest BCUT2D eigenvalue weighted by atomic mass is 9.71. The zero-order valence-electron chi connectivity index (χ0n) is 7.60. The fourth-order valence-electron chi connectivity index (χ4n) is 1.80. The van der Waals surface area contributed by atoms with Crippen molar-refractivity contribution in [2.24, 2.45) is 11.8 Å². The van der Waals surface area contributed by atoms with Crippen LogP contribution in [0.2, 0.25) is 0 Å². The molecule has 1 aliphatic carbocycles. The van der Waals surface area contributed by atoms with Gasteiger partial charge in [0.05, 0.1) is 0 Å². The molecule has 0 spiro atoms. The van der Waals surface area contributed by atoms with E-state index in [1.165, 1.54) is 37.0 Å². The average molecular weight is 170 g/mol. The van der Waals surface area contributed by atoms with E-state index in [1.54, 1.807) is 0 Å². The molecule has 11 heavy (non-hydrogen) atoms. The van der Waals surface area contributed by atoms with Crippen molar-refractivity contribution in [1.29, 1.82) is 0 Å². The molecule has 64 valence electrons. The molecule has 1 aliphatic rings. The van der Waals surface area contributed by atoms with E-state index < -0.39 is 0 Å². The summed E-state index contributed by atoms with van der Waals surface area (Å²) in [5, 5.41) is 0. The summed E-state index contributed by atoms with van der Waals surface area (Å²) in [5.41, 5.74) is 0. The standard InChI is InChI=1S/C10H18S/c1-3-4-5-9-6-10(7-9)8(2)11/h9-10H,3-7H2,1-2H3. The van der Waals surface area contributed by atoms with Crippen molar-refractivity contribution >= 4 is 17.1 Å². The number of unbranched alkanes of at least 4 members (excludes halogenated alkanes) is 1. The van der Waals surface area contributed by atoms with Gasteiger partial charge in [0.2, 0.25) is 0 Å². The van der Waals surface area contributed by atoms with E-state index >= 15 is 0 Å². The van der Waals surface area contributed by atoms with E-state index in [0.717, 1.165) is 11.8 Å². The maximum atomic E-state index is 5.13. The topological polar surface area (TPSA) is 0 Å². The zero-order chi connectivity index (χ0) is 8.27. The van der Waals surface area contributed by atoms with E-state index in [9.17, 15) is 0 Å². The van der Waals surface area contributed by atoms with Crippen molar-refractivity contribution < 1.29 is 0 Å². The first kappa shape index (κ1) is 9.18. The third-order valence-corrected chi connectivity index (χ3v) is 3.11. The van der Waals surface area contributed by atoms with Gasteiger partial charge in [0.1, 0.15) is 0 Å². The van der Waals surface area contributed by atoms with Crippen molar-refractivity contribution in [1.82, 2.24) is 0 Å². The van der Waals surface area contributed by atoms with E-state index in [2.05, 4.69) is 13.8 Å². The van der Waals surface area contributed by atoms with Gasteiger partial charge in [-0.2, -0.15) is 0 Å². The summed E-state index contributed by atoms with van der Waals surface area (Å²) in [5.74, 6) is 1.81. The first-order chi connectivity index (χ1) is 5.24. The predicted octanol–water partition coefficient (Wildman–Crippen LogP) is 3.59. The van der Waals surface area contributed by atoms with Gasteiger partial charge < -0.3 is 0 Å². The molecule has 1 rings (SSSR count). The molecule has 0 aromatic carbocycles. The van der Waals surface area contributed by atoms with Crippen molar-refractivity contribution in [2.45, 2.75) is 46.0 Å². The summed E-state index contributed by atoms with van der Waals surface area (Å²) in [6.07, 6.45) is 6.96. The molecule has 1 fully saturated rings. The van der Waals surface area contributed by atoms with Crippen LogP contribution in [0, 0.1) is 11.8 Å². The normalized spacial score (nSPS) is 29.6. The van der Waals surface area contributed by atoms with Crippen LogP contribution < -0.4 is 0 Å². The van der Waals surface area contributed by atoms with Gasteiger partial charge >= 0.3 is 0 Å². The van der Waals surface area contributed by atoms with Gasteiger partial charge in [0, 0.05) is 0 Å². The molecule has 0 atom stereocenters. The fraction of sp³-hybridized carbons (Fsp3) is 0.900. The molecule has 0 heterocycles. The SMILES string of the molecule is CCCCC1CC(C(C)=S)C1. The summed E-state index contributed by atoms with van der Waals surface area (Å²) >= 11 is 5.13. The summed E-state index contributed by atoms with van der Waals surface area (Å²) < 4.78 is 0. The lowest BCUT2D eigenvalue weighted by Crippen LogP contribution is -2.27. The summed E-state index contributed by atoms with van der Waals surface area (Å²) in [6.45, 7) is 4.36. The molecule has 0 saturated heterocycles. The molecule has 0 nitrogen and oxygen atoms in total. The Labute approximate surface area is 75.4 Å². The van der Waals surface area contributed by atoms with Gasteiger partial charge in [-0.25, -0.2) is 0 Å². The van der Waals surface area contributed by atoms with Crippen molar-refractivity contribution in [3.8, 4) is 0 Å². The maximum absolute atomic E-state index is 5.13. The number of thiocarbonyl (C=S) groups is 1. The highest BCUT2D eigenvalue weighted by atomic mass is 32.1. The van der Waals surface area contributed by atoms with Crippen LogP contribution in [0.15, 0.2) is 0 Å². The molecular weight excluding hydrogens is 152 g/mol. The lowest BCUT2D eigenvalue weighted by molar-refractivity contribution is 0.238. The molecule has 0 unspecified atom stereocenters. The minimum absolute atomic E-state index is 0.798. The van der Waals surface area contributed by atoms with Crippen molar-refractivity contribution in [3.63, 3.8) is 0 Å². The second-order valence-electron chi connectivity index (χ2n) is 3.79. The second kappa shape index (κ2) is 4.20. The van der Waals surface area contributed by atoms with Crippen LogP contribution in [0.25, 0.3) is 0 Å². The highest BCUT2D eigenvalue weighted by Gasteiger charge is 2.29. The Morgan fingerprint density at radius 3 is 2.55 bits per heavy atom. The van der Waals surface area contributed by atoms with Crippen molar-refractivity contribution in [2.75, 3.05) is 0 Å². The largest absolute Gasteiger partial charge is 0.0897 e. The van der Waals surface area contributed by atoms with E-state index in [0.29, 0.717) is 0 Å². The summed E-state index contributed by atoms with van der Waals surface area (Å²) in [4.78, 5) is 1.23. The minimum atomic E-state index is 0.798. The molecule has 0 aliphatic heterocycles. The molecule has 0 bridgehead atoms.